The number of benzene rings is 1. The normalized spacial score (nSPS) is 19.3. The van der Waals surface area contributed by atoms with Gasteiger partial charge in [0.25, 0.3) is 0 Å². The van der Waals surface area contributed by atoms with Crippen LogP contribution in [-0.4, -0.2) is 29.8 Å². The predicted molar refractivity (Wildman–Crippen MR) is 78.5 cm³/mol. The molecule has 1 heterocycles. The SMILES string of the molecule is COC(=O)CC(C)SCC1CSc2ccccc21. The van der Waals surface area contributed by atoms with Crippen molar-refractivity contribution in [3.05, 3.63) is 29.8 Å². The molecule has 0 amide bonds. The number of esters is 1. The van der Waals surface area contributed by atoms with Crippen LogP contribution in [0.15, 0.2) is 29.2 Å². The zero-order valence-electron chi connectivity index (χ0n) is 10.7. The van der Waals surface area contributed by atoms with Crippen LogP contribution >= 0.6 is 23.5 Å². The van der Waals surface area contributed by atoms with E-state index in [0.717, 1.165) is 11.5 Å². The fraction of sp³-hybridized carbons (Fsp3) is 0.500. The molecule has 0 bridgehead atoms. The molecule has 0 spiro atoms. The van der Waals surface area contributed by atoms with Crippen molar-refractivity contribution >= 4 is 29.5 Å². The highest BCUT2D eigenvalue weighted by Gasteiger charge is 2.23. The molecule has 0 aromatic heterocycles. The van der Waals surface area contributed by atoms with Gasteiger partial charge >= 0.3 is 5.97 Å². The first kappa shape index (κ1) is 13.8. The zero-order valence-corrected chi connectivity index (χ0v) is 12.4. The highest BCUT2D eigenvalue weighted by molar-refractivity contribution is 8.00. The lowest BCUT2D eigenvalue weighted by Crippen LogP contribution is -2.11. The molecule has 2 rings (SSSR count). The topological polar surface area (TPSA) is 26.3 Å². The number of rotatable bonds is 5. The first-order chi connectivity index (χ1) is 8.70. The minimum absolute atomic E-state index is 0.115. The number of hydrogen-bond donors (Lipinski definition) is 0. The quantitative estimate of drug-likeness (QED) is 0.771. The molecule has 1 aromatic carbocycles. The maximum atomic E-state index is 11.2. The highest BCUT2D eigenvalue weighted by atomic mass is 32.2. The van der Waals surface area contributed by atoms with Crippen LogP contribution in [0.5, 0.6) is 0 Å². The Morgan fingerprint density at radius 1 is 1.56 bits per heavy atom. The minimum atomic E-state index is -0.115. The van der Waals surface area contributed by atoms with Crippen molar-refractivity contribution in [2.45, 2.75) is 29.4 Å². The molecule has 0 N–H and O–H groups in total. The van der Waals surface area contributed by atoms with E-state index in [1.165, 1.54) is 17.6 Å². The van der Waals surface area contributed by atoms with Gasteiger partial charge < -0.3 is 4.74 Å². The molecule has 1 aliphatic heterocycles. The van der Waals surface area contributed by atoms with Gasteiger partial charge in [-0.25, -0.2) is 0 Å². The van der Waals surface area contributed by atoms with E-state index in [-0.39, 0.29) is 5.97 Å². The molecule has 2 nitrogen and oxygen atoms in total. The van der Waals surface area contributed by atoms with Crippen LogP contribution in [0.1, 0.15) is 24.8 Å². The second kappa shape index (κ2) is 6.53. The minimum Gasteiger partial charge on any atom is -0.469 e. The van der Waals surface area contributed by atoms with Crippen LogP contribution in [0.4, 0.5) is 0 Å². The summed E-state index contributed by atoms with van der Waals surface area (Å²) in [7, 11) is 1.45. The Morgan fingerprint density at radius 3 is 3.11 bits per heavy atom. The van der Waals surface area contributed by atoms with Gasteiger partial charge in [0.2, 0.25) is 0 Å². The number of hydrogen-bond acceptors (Lipinski definition) is 4. The summed E-state index contributed by atoms with van der Waals surface area (Å²) in [5.41, 5.74) is 1.47. The molecule has 0 saturated heterocycles. The van der Waals surface area contributed by atoms with E-state index in [2.05, 4.69) is 31.2 Å². The van der Waals surface area contributed by atoms with Crippen LogP contribution in [0.3, 0.4) is 0 Å². The molecule has 1 aromatic rings. The van der Waals surface area contributed by atoms with Crippen LogP contribution < -0.4 is 0 Å². The Balaban J connectivity index is 1.83. The third-order valence-electron chi connectivity index (χ3n) is 3.06. The number of fused-ring (bicyclic) bond motifs is 1. The Hall–Kier alpha value is -0.610. The first-order valence-electron chi connectivity index (χ1n) is 6.11. The summed E-state index contributed by atoms with van der Waals surface area (Å²) in [5, 5.41) is 0.329. The monoisotopic (exact) mass is 282 g/mol. The van der Waals surface area contributed by atoms with Gasteiger partial charge in [-0.2, -0.15) is 11.8 Å². The zero-order chi connectivity index (χ0) is 13.0. The van der Waals surface area contributed by atoms with E-state index in [1.54, 1.807) is 0 Å². The molecule has 2 atom stereocenters. The summed E-state index contributed by atoms with van der Waals surface area (Å²) < 4.78 is 4.69. The van der Waals surface area contributed by atoms with Gasteiger partial charge in [-0.3, -0.25) is 4.79 Å². The Labute approximate surface area is 117 Å². The van der Waals surface area contributed by atoms with Gasteiger partial charge in [-0.1, -0.05) is 25.1 Å². The maximum absolute atomic E-state index is 11.2. The number of carbonyl (C=O) groups excluding carboxylic acids is 1. The Morgan fingerprint density at radius 2 is 2.33 bits per heavy atom. The van der Waals surface area contributed by atoms with Crippen LogP contribution in [0, 0.1) is 0 Å². The molecule has 2 unspecified atom stereocenters. The smallest absolute Gasteiger partial charge is 0.306 e. The number of methoxy groups -OCH3 is 1. The lowest BCUT2D eigenvalue weighted by molar-refractivity contribution is -0.140. The molecule has 0 aliphatic carbocycles. The van der Waals surface area contributed by atoms with E-state index >= 15 is 0 Å². The number of thioether (sulfide) groups is 2. The summed E-state index contributed by atoms with van der Waals surface area (Å²) in [4.78, 5) is 12.6. The van der Waals surface area contributed by atoms with Gasteiger partial charge in [-0.05, 0) is 11.6 Å². The molecule has 18 heavy (non-hydrogen) atoms. The van der Waals surface area contributed by atoms with Crippen molar-refractivity contribution in [2.75, 3.05) is 18.6 Å². The van der Waals surface area contributed by atoms with E-state index in [9.17, 15) is 4.79 Å². The summed E-state index contributed by atoms with van der Waals surface area (Å²) >= 11 is 3.81. The van der Waals surface area contributed by atoms with Crippen molar-refractivity contribution < 1.29 is 9.53 Å². The van der Waals surface area contributed by atoms with Crippen LogP contribution in [0.25, 0.3) is 0 Å². The standard InChI is InChI=1S/C14H18O2S2/c1-10(7-14(15)16-2)17-8-11-9-18-13-6-4-3-5-12(11)13/h3-6,10-11H,7-9H2,1-2H3. The predicted octanol–water partition coefficient (Wildman–Crippen LogP) is 3.56. The van der Waals surface area contributed by atoms with E-state index in [4.69, 9.17) is 4.74 Å². The summed E-state index contributed by atoms with van der Waals surface area (Å²) in [6.07, 6.45) is 0.503. The molecule has 4 heteroatoms. The third kappa shape index (κ3) is 3.45. The van der Waals surface area contributed by atoms with E-state index in [0.29, 0.717) is 17.6 Å². The van der Waals surface area contributed by atoms with Crippen molar-refractivity contribution in [1.82, 2.24) is 0 Å². The van der Waals surface area contributed by atoms with Crippen molar-refractivity contribution in [2.24, 2.45) is 0 Å². The molecular weight excluding hydrogens is 264 g/mol. The molecule has 1 aliphatic rings. The van der Waals surface area contributed by atoms with E-state index in [1.807, 2.05) is 23.5 Å². The second-order valence-electron chi connectivity index (χ2n) is 4.47. The number of ether oxygens (including phenoxy) is 1. The van der Waals surface area contributed by atoms with E-state index < -0.39 is 0 Å². The molecule has 0 saturated carbocycles. The van der Waals surface area contributed by atoms with Crippen LogP contribution in [-0.2, 0) is 9.53 Å². The summed E-state index contributed by atoms with van der Waals surface area (Å²) in [5.74, 6) is 2.76. The lowest BCUT2D eigenvalue weighted by atomic mass is 10.0. The fourth-order valence-electron chi connectivity index (χ4n) is 2.02. The Bertz CT molecular complexity index is 420. The lowest BCUT2D eigenvalue weighted by Gasteiger charge is -2.14. The highest BCUT2D eigenvalue weighted by Crippen LogP contribution is 2.41. The average molecular weight is 282 g/mol. The fourth-order valence-corrected chi connectivity index (χ4v) is 4.54. The first-order valence-corrected chi connectivity index (χ1v) is 8.14. The Kier molecular flexibility index (Phi) is 5.01. The van der Waals surface area contributed by atoms with Gasteiger partial charge in [0, 0.05) is 27.6 Å². The molecule has 0 radical (unpaired) electrons. The van der Waals surface area contributed by atoms with Gasteiger partial charge in [0.15, 0.2) is 0 Å². The average Bonchev–Trinajstić information content (AvgIpc) is 2.79. The third-order valence-corrected chi connectivity index (χ3v) is 5.64. The largest absolute Gasteiger partial charge is 0.469 e. The van der Waals surface area contributed by atoms with Gasteiger partial charge in [0.1, 0.15) is 0 Å². The molecule has 98 valence electrons. The van der Waals surface area contributed by atoms with Crippen molar-refractivity contribution in [3.8, 4) is 0 Å². The van der Waals surface area contributed by atoms with Crippen molar-refractivity contribution in [1.29, 1.82) is 0 Å². The summed E-state index contributed by atoms with van der Waals surface area (Å²) in [6, 6.07) is 8.63. The van der Waals surface area contributed by atoms with Gasteiger partial charge in [-0.15, -0.1) is 11.8 Å². The number of carbonyl (C=O) groups is 1. The second-order valence-corrected chi connectivity index (χ2v) is 7.00. The van der Waals surface area contributed by atoms with Gasteiger partial charge in [0.05, 0.1) is 13.5 Å². The van der Waals surface area contributed by atoms with Crippen LogP contribution in [0.2, 0.25) is 0 Å². The molecular formula is C14H18O2S2. The molecule has 0 fully saturated rings. The maximum Gasteiger partial charge on any atom is 0.306 e. The van der Waals surface area contributed by atoms with Crippen molar-refractivity contribution in [3.63, 3.8) is 0 Å². The summed E-state index contributed by atoms with van der Waals surface area (Å²) in [6.45, 7) is 2.09.